The van der Waals surface area contributed by atoms with E-state index in [0.29, 0.717) is 10.6 Å². The van der Waals surface area contributed by atoms with Crippen molar-refractivity contribution in [2.75, 3.05) is 6.54 Å². The van der Waals surface area contributed by atoms with Gasteiger partial charge >= 0.3 is 0 Å². The summed E-state index contributed by atoms with van der Waals surface area (Å²) in [5, 5.41) is 5.14. The highest BCUT2D eigenvalue weighted by Crippen LogP contribution is 2.38. The topological polar surface area (TPSA) is 38.1 Å². The van der Waals surface area contributed by atoms with Crippen LogP contribution in [0.1, 0.15) is 33.2 Å². The maximum absolute atomic E-state index is 13.0. The van der Waals surface area contributed by atoms with E-state index in [4.69, 9.17) is 11.6 Å². The van der Waals surface area contributed by atoms with E-state index in [1.54, 1.807) is 6.20 Å². The second-order valence-electron chi connectivity index (χ2n) is 6.56. The molecule has 0 radical (unpaired) electrons. The van der Waals surface area contributed by atoms with Crippen molar-refractivity contribution in [1.82, 2.24) is 14.7 Å². The van der Waals surface area contributed by atoms with Crippen LogP contribution in [0.4, 0.5) is 0 Å². The summed E-state index contributed by atoms with van der Waals surface area (Å²) in [6.45, 7) is 0.766. The first-order valence-electron chi connectivity index (χ1n) is 8.44. The van der Waals surface area contributed by atoms with E-state index in [9.17, 15) is 4.79 Å². The molecule has 1 amide bonds. The molecule has 124 valence electrons. The number of fused-ring (bicyclic) bond motifs is 4. The summed E-state index contributed by atoms with van der Waals surface area (Å²) in [4.78, 5) is 15.0. The average Bonchev–Trinajstić information content (AvgIpc) is 3.06. The molecule has 0 bridgehead atoms. The van der Waals surface area contributed by atoms with E-state index in [2.05, 4.69) is 29.4 Å². The number of carbonyl (C=O) groups is 1. The van der Waals surface area contributed by atoms with Crippen molar-refractivity contribution in [2.45, 2.75) is 18.9 Å². The van der Waals surface area contributed by atoms with Gasteiger partial charge in [-0.15, -0.1) is 0 Å². The number of rotatable bonds is 1. The quantitative estimate of drug-likeness (QED) is 0.669. The van der Waals surface area contributed by atoms with Gasteiger partial charge in [0.2, 0.25) is 0 Å². The minimum atomic E-state index is 0.0778. The number of nitrogens with zero attached hydrogens (tertiary/aromatic N) is 3. The summed E-state index contributed by atoms with van der Waals surface area (Å²) in [6, 6.07) is 16.1. The molecule has 5 heteroatoms. The second-order valence-corrected chi connectivity index (χ2v) is 7.00. The van der Waals surface area contributed by atoms with Gasteiger partial charge in [-0.2, -0.15) is 5.10 Å². The summed E-state index contributed by atoms with van der Waals surface area (Å²) >= 11 is 6.13. The number of carbonyl (C=O) groups excluding carboxylic acids is 1. The smallest absolute Gasteiger partial charge is 0.257 e. The van der Waals surface area contributed by atoms with Crippen LogP contribution in [0.5, 0.6) is 0 Å². The van der Waals surface area contributed by atoms with Gasteiger partial charge in [0.15, 0.2) is 0 Å². The zero-order valence-corrected chi connectivity index (χ0v) is 14.3. The molecule has 0 aliphatic carbocycles. The Balaban J connectivity index is 1.64. The normalized spacial score (nSPS) is 18.5. The molecule has 2 aliphatic heterocycles. The van der Waals surface area contributed by atoms with Gasteiger partial charge in [-0.3, -0.25) is 4.79 Å². The van der Waals surface area contributed by atoms with Gasteiger partial charge in [0.25, 0.3) is 5.91 Å². The van der Waals surface area contributed by atoms with Crippen LogP contribution < -0.4 is 0 Å². The Kier molecular flexibility index (Phi) is 3.22. The molecule has 0 N–H and O–H groups in total. The number of halogens is 1. The largest absolute Gasteiger partial charge is 0.331 e. The number of benzene rings is 2. The Morgan fingerprint density at radius 3 is 2.88 bits per heavy atom. The Hall–Kier alpha value is -2.59. The predicted octanol–water partition coefficient (Wildman–Crippen LogP) is 3.82. The lowest BCUT2D eigenvalue weighted by Gasteiger charge is -2.40. The SMILES string of the molecule is O=C1c2cnn(-c3cccc(Cl)c3)c2C[C@H]2c3ccccc3CCN12. The third-order valence-electron chi connectivity index (χ3n) is 5.21. The molecule has 2 aliphatic rings. The summed E-state index contributed by atoms with van der Waals surface area (Å²) in [6.07, 6.45) is 3.37. The third-order valence-corrected chi connectivity index (χ3v) is 5.45. The van der Waals surface area contributed by atoms with Crippen LogP contribution in [0.2, 0.25) is 5.02 Å². The molecule has 3 heterocycles. The zero-order valence-electron chi connectivity index (χ0n) is 13.5. The highest BCUT2D eigenvalue weighted by atomic mass is 35.5. The lowest BCUT2D eigenvalue weighted by Crippen LogP contribution is -2.44. The average molecular weight is 350 g/mol. The Morgan fingerprint density at radius 2 is 2.00 bits per heavy atom. The fraction of sp³-hybridized carbons (Fsp3) is 0.200. The number of hydrogen-bond acceptors (Lipinski definition) is 2. The molecule has 0 fully saturated rings. The second kappa shape index (κ2) is 5.46. The fourth-order valence-corrected chi connectivity index (χ4v) is 4.22. The number of hydrogen-bond donors (Lipinski definition) is 0. The molecule has 4 nitrogen and oxygen atoms in total. The molecule has 0 spiro atoms. The fourth-order valence-electron chi connectivity index (χ4n) is 4.03. The Morgan fingerprint density at radius 1 is 1.12 bits per heavy atom. The molecular formula is C20H16ClN3O. The molecule has 5 rings (SSSR count). The summed E-state index contributed by atoms with van der Waals surface area (Å²) in [7, 11) is 0. The molecule has 1 aromatic heterocycles. The van der Waals surface area contributed by atoms with E-state index >= 15 is 0 Å². The summed E-state index contributed by atoms with van der Waals surface area (Å²) in [5.74, 6) is 0.0778. The maximum Gasteiger partial charge on any atom is 0.257 e. The molecule has 0 unspecified atom stereocenters. The molecular weight excluding hydrogens is 334 g/mol. The van der Waals surface area contributed by atoms with Crippen molar-refractivity contribution >= 4 is 17.5 Å². The van der Waals surface area contributed by atoms with Gasteiger partial charge in [-0.25, -0.2) is 4.68 Å². The predicted molar refractivity (Wildman–Crippen MR) is 96.2 cm³/mol. The van der Waals surface area contributed by atoms with Crippen LogP contribution in [-0.2, 0) is 12.8 Å². The first kappa shape index (κ1) is 14.7. The van der Waals surface area contributed by atoms with Crippen molar-refractivity contribution in [3.63, 3.8) is 0 Å². The van der Waals surface area contributed by atoms with Gasteiger partial charge in [0, 0.05) is 18.0 Å². The standard InChI is InChI=1S/C20H16ClN3O/c21-14-5-3-6-15(10-14)24-19-11-18-16-7-2-1-4-13(16)8-9-23(18)20(25)17(19)12-22-24/h1-7,10,12,18H,8-9,11H2/t18-/m0/s1. The van der Waals surface area contributed by atoms with Crippen molar-refractivity contribution in [3.8, 4) is 5.69 Å². The van der Waals surface area contributed by atoms with Crippen LogP contribution in [0, 0.1) is 0 Å². The van der Waals surface area contributed by atoms with E-state index in [-0.39, 0.29) is 11.9 Å². The van der Waals surface area contributed by atoms with E-state index in [1.807, 2.05) is 33.8 Å². The Labute approximate surface area is 150 Å². The Bertz CT molecular complexity index is 994. The van der Waals surface area contributed by atoms with Gasteiger partial charge in [-0.1, -0.05) is 41.9 Å². The van der Waals surface area contributed by atoms with E-state index in [0.717, 1.165) is 30.8 Å². The van der Waals surface area contributed by atoms with Crippen molar-refractivity contribution in [2.24, 2.45) is 0 Å². The molecule has 25 heavy (non-hydrogen) atoms. The van der Waals surface area contributed by atoms with Crippen molar-refractivity contribution in [1.29, 1.82) is 0 Å². The van der Waals surface area contributed by atoms with Gasteiger partial charge < -0.3 is 4.90 Å². The van der Waals surface area contributed by atoms with E-state index < -0.39 is 0 Å². The maximum atomic E-state index is 13.0. The summed E-state index contributed by atoms with van der Waals surface area (Å²) < 4.78 is 1.85. The van der Waals surface area contributed by atoms with Crippen LogP contribution in [-0.4, -0.2) is 27.1 Å². The van der Waals surface area contributed by atoms with Gasteiger partial charge in [-0.05, 0) is 35.7 Å². The highest BCUT2D eigenvalue weighted by Gasteiger charge is 2.38. The lowest BCUT2D eigenvalue weighted by molar-refractivity contribution is 0.0629. The molecule has 3 aromatic rings. The van der Waals surface area contributed by atoms with Crippen LogP contribution in [0.15, 0.2) is 54.7 Å². The van der Waals surface area contributed by atoms with Gasteiger partial charge in [0.05, 0.1) is 29.2 Å². The molecule has 0 saturated heterocycles. The van der Waals surface area contributed by atoms with Crippen LogP contribution >= 0.6 is 11.6 Å². The molecule has 0 saturated carbocycles. The first-order valence-corrected chi connectivity index (χ1v) is 8.82. The van der Waals surface area contributed by atoms with Crippen molar-refractivity contribution < 1.29 is 4.79 Å². The van der Waals surface area contributed by atoms with Crippen LogP contribution in [0.25, 0.3) is 5.69 Å². The first-order chi connectivity index (χ1) is 12.2. The highest BCUT2D eigenvalue weighted by molar-refractivity contribution is 6.30. The van der Waals surface area contributed by atoms with Crippen LogP contribution in [0.3, 0.4) is 0 Å². The minimum Gasteiger partial charge on any atom is -0.331 e. The zero-order chi connectivity index (χ0) is 17.0. The minimum absolute atomic E-state index is 0.0778. The molecule has 1 atom stereocenters. The number of aromatic nitrogens is 2. The monoisotopic (exact) mass is 349 g/mol. The summed E-state index contributed by atoms with van der Waals surface area (Å²) in [5.41, 5.74) is 5.15. The van der Waals surface area contributed by atoms with Gasteiger partial charge in [0.1, 0.15) is 0 Å². The molecule has 2 aromatic carbocycles. The van der Waals surface area contributed by atoms with E-state index in [1.165, 1.54) is 11.1 Å². The third kappa shape index (κ3) is 2.21. The van der Waals surface area contributed by atoms with Crippen molar-refractivity contribution in [3.05, 3.63) is 82.1 Å². The lowest BCUT2D eigenvalue weighted by atomic mass is 9.86. The number of amides is 1.